The van der Waals surface area contributed by atoms with Gasteiger partial charge in [-0.3, -0.25) is 4.79 Å². The van der Waals surface area contributed by atoms with E-state index in [0.29, 0.717) is 13.0 Å². The molecule has 3 heteroatoms. The quantitative estimate of drug-likeness (QED) is 0.613. The molecule has 0 radical (unpaired) electrons. The van der Waals surface area contributed by atoms with E-state index in [1.54, 1.807) is 0 Å². The molecule has 0 aromatic carbocycles. The van der Waals surface area contributed by atoms with Gasteiger partial charge in [0.15, 0.2) is 0 Å². The van der Waals surface area contributed by atoms with Crippen LogP contribution in [0.5, 0.6) is 0 Å². The Morgan fingerprint density at radius 2 is 1.90 bits per heavy atom. The van der Waals surface area contributed by atoms with Crippen molar-refractivity contribution >= 4 is 5.78 Å². The minimum Gasteiger partial charge on any atom is -0.330 e. The fraction of sp³-hybridized carbons (Fsp3) is 0.857. The van der Waals surface area contributed by atoms with E-state index in [1.165, 1.54) is 6.92 Å². The second-order valence-electron chi connectivity index (χ2n) is 1.79. The van der Waals surface area contributed by atoms with Crippen LogP contribution >= 0.6 is 0 Å². The van der Waals surface area contributed by atoms with E-state index >= 15 is 0 Å². The Kier molecular flexibility index (Phi) is 14.0. The molecule has 0 heterocycles. The molecule has 64 valence electrons. The van der Waals surface area contributed by atoms with Crippen LogP contribution in [0.15, 0.2) is 0 Å². The third kappa shape index (κ3) is 7.59. The van der Waals surface area contributed by atoms with Gasteiger partial charge in [-0.25, -0.2) is 0 Å². The summed E-state index contributed by atoms with van der Waals surface area (Å²) < 4.78 is 0. The van der Waals surface area contributed by atoms with Crippen molar-refractivity contribution in [2.45, 2.75) is 34.2 Å². The van der Waals surface area contributed by atoms with Gasteiger partial charge in [-0.05, 0) is 19.9 Å². The highest BCUT2D eigenvalue weighted by Crippen LogP contribution is 1.84. The van der Waals surface area contributed by atoms with Crippen molar-refractivity contribution < 1.29 is 4.79 Å². The summed E-state index contributed by atoms with van der Waals surface area (Å²) >= 11 is 0. The Hall–Kier alpha value is -0.410. The molecule has 0 saturated carbocycles. The largest absolute Gasteiger partial charge is 0.330 e. The average Bonchev–Trinajstić information content (AvgIpc) is 1.67. The molecule has 3 nitrogen and oxygen atoms in total. The lowest BCUT2D eigenvalue weighted by atomic mass is 10.1. The number of rotatable bonds is 3. The third-order valence-electron chi connectivity index (χ3n) is 1.000. The molecule has 0 aliphatic rings. The summed E-state index contributed by atoms with van der Waals surface area (Å²) in [5, 5.41) is 0. The van der Waals surface area contributed by atoms with E-state index in [4.69, 9.17) is 11.5 Å². The van der Waals surface area contributed by atoms with Crippen molar-refractivity contribution in [3.05, 3.63) is 0 Å². The van der Waals surface area contributed by atoms with Crippen LogP contribution in [0.3, 0.4) is 0 Å². The van der Waals surface area contributed by atoms with Gasteiger partial charge < -0.3 is 11.5 Å². The monoisotopic (exact) mass is 148 g/mol. The van der Waals surface area contributed by atoms with Crippen LogP contribution in [0.1, 0.15) is 28.2 Å². The summed E-state index contributed by atoms with van der Waals surface area (Å²) in [5.41, 5.74) is 10.4. The van der Waals surface area contributed by atoms with E-state index in [1.807, 2.05) is 0 Å². The van der Waals surface area contributed by atoms with E-state index in [-0.39, 0.29) is 26.7 Å². The fourth-order valence-electron chi connectivity index (χ4n) is 0.383. The van der Waals surface area contributed by atoms with Crippen molar-refractivity contribution in [2.24, 2.45) is 11.5 Å². The van der Waals surface area contributed by atoms with Gasteiger partial charge >= 0.3 is 0 Å². The lowest BCUT2D eigenvalue weighted by molar-refractivity contribution is -0.118. The zero-order valence-corrected chi connectivity index (χ0v) is 5.05. The number of hydrogen-bond acceptors (Lipinski definition) is 3. The van der Waals surface area contributed by atoms with Crippen LogP contribution < -0.4 is 11.5 Å². The summed E-state index contributed by atoms with van der Waals surface area (Å²) in [6.45, 7) is 1.96. The summed E-state index contributed by atoms with van der Waals surface area (Å²) in [6.07, 6.45) is 0.593. The van der Waals surface area contributed by atoms with Crippen molar-refractivity contribution in [3.8, 4) is 0 Å². The van der Waals surface area contributed by atoms with E-state index in [0.717, 1.165) is 0 Å². The first-order valence-electron chi connectivity index (χ1n) is 2.64. The molecule has 0 rings (SSSR count). The zero-order chi connectivity index (χ0) is 6.57. The van der Waals surface area contributed by atoms with Gasteiger partial charge in [-0.2, -0.15) is 0 Å². The fourth-order valence-corrected chi connectivity index (χ4v) is 0.383. The van der Waals surface area contributed by atoms with E-state index in [2.05, 4.69) is 0 Å². The topological polar surface area (TPSA) is 69.1 Å². The van der Waals surface area contributed by atoms with Gasteiger partial charge in [0.25, 0.3) is 0 Å². The molecule has 1 atom stereocenters. The number of Topliss-reactive ketones (excluding diaryl/α,β-unsaturated/α-hetero) is 1. The van der Waals surface area contributed by atoms with E-state index in [9.17, 15) is 4.79 Å². The van der Waals surface area contributed by atoms with Gasteiger partial charge in [0.2, 0.25) is 0 Å². The standard InChI is InChI=1S/C5H12N2O.2CH4/c1-4(8)5(7)2-3-6;;/h5H,2-3,6-7H2,1H3;2*1H4. The Balaban J connectivity index is -0.000000245. The molecule has 0 fully saturated rings. The molecule has 0 amide bonds. The number of hydrogen-bond donors (Lipinski definition) is 2. The molecular formula is C7H20N2O. The maximum absolute atomic E-state index is 10.4. The van der Waals surface area contributed by atoms with Crippen molar-refractivity contribution in [1.29, 1.82) is 0 Å². The Labute approximate surface area is 63.8 Å². The van der Waals surface area contributed by atoms with Gasteiger partial charge in [-0.15, -0.1) is 0 Å². The number of carbonyl (C=O) groups excluding carboxylic acids is 1. The molecule has 0 aliphatic heterocycles. The van der Waals surface area contributed by atoms with Crippen molar-refractivity contribution in [1.82, 2.24) is 0 Å². The molecule has 0 saturated heterocycles. The predicted molar refractivity (Wildman–Crippen MR) is 45.8 cm³/mol. The molecule has 0 aliphatic carbocycles. The normalized spacial score (nSPS) is 10.7. The van der Waals surface area contributed by atoms with Crippen molar-refractivity contribution in [2.75, 3.05) is 6.54 Å². The lowest BCUT2D eigenvalue weighted by Crippen LogP contribution is -2.30. The Morgan fingerprint density at radius 1 is 1.50 bits per heavy atom. The highest BCUT2D eigenvalue weighted by Gasteiger charge is 2.04. The maximum Gasteiger partial charge on any atom is 0.146 e. The molecule has 10 heavy (non-hydrogen) atoms. The summed E-state index contributed by atoms with van der Waals surface area (Å²) in [7, 11) is 0. The summed E-state index contributed by atoms with van der Waals surface area (Å²) in [5.74, 6) is 0.00968. The smallest absolute Gasteiger partial charge is 0.146 e. The minimum atomic E-state index is -0.347. The second-order valence-corrected chi connectivity index (χ2v) is 1.79. The zero-order valence-electron chi connectivity index (χ0n) is 5.05. The molecule has 0 spiro atoms. The Bertz CT molecular complexity index is 83.7. The molecule has 0 aromatic heterocycles. The number of ketones is 1. The first kappa shape index (κ1) is 16.3. The third-order valence-corrected chi connectivity index (χ3v) is 1.000. The van der Waals surface area contributed by atoms with Gasteiger partial charge in [0.1, 0.15) is 5.78 Å². The van der Waals surface area contributed by atoms with Crippen LogP contribution in [0.2, 0.25) is 0 Å². The van der Waals surface area contributed by atoms with Gasteiger partial charge in [0.05, 0.1) is 6.04 Å². The van der Waals surface area contributed by atoms with Crippen LogP contribution in [0, 0.1) is 0 Å². The highest BCUT2D eigenvalue weighted by atomic mass is 16.1. The SMILES string of the molecule is C.C.CC(=O)C(N)CCN. The lowest BCUT2D eigenvalue weighted by Gasteiger charge is -2.02. The second kappa shape index (κ2) is 8.59. The number of carbonyl (C=O) groups is 1. The van der Waals surface area contributed by atoms with Crippen LogP contribution in [-0.2, 0) is 4.79 Å². The van der Waals surface area contributed by atoms with Crippen LogP contribution in [0.4, 0.5) is 0 Å². The van der Waals surface area contributed by atoms with Gasteiger partial charge in [0, 0.05) is 0 Å². The van der Waals surface area contributed by atoms with Crippen LogP contribution in [-0.4, -0.2) is 18.4 Å². The first-order chi connectivity index (χ1) is 3.68. The van der Waals surface area contributed by atoms with Gasteiger partial charge in [-0.1, -0.05) is 14.9 Å². The molecule has 0 aromatic rings. The van der Waals surface area contributed by atoms with Crippen molar-refractivity contribution in [3.63, 3.8) is 0 Å². The highest BCUT2D eigenvalue weighted by molar-refractivity contribution is 5.81. The van der Waals surface area contributed by atoms with E-state index < -0.39 is 0 Å². The minimum absolute atomic E-state index is 0. The average molecular weight is 148 g/mol. The first-order valence-corrected chi connectivity index (χ1v) is 2.64. The summed E-state index contributed by atoms with van der Waals surface area (Å²) in [4.78, 5) is 10.4. The molecular weight excluding hydrogens is 128 g/mol. The van der Waals surface area contributed by atoms with Crippen LogP contribution in [0.25, 0.3) is 0 Å². The maximum atomic E-state index is 10.4. The Morgan fingerprint density at radius 3 is 2.00 bits per heavy atom. The molecule has 4 N–H and O–H groups in total. The molecule has 0 bridgehead atoms. The summed E-state index contributed by atoms with van der Waals surface area (Å²) in [6, 6.07) is -0.347. The number of nitrogens with two attached hydrogens (primary N) is 2. The molecule has 1 unspecified atom stereocenters. The predicted octanol–water partition coefficient (Wildman–Crippen LogP) is 0.524.